The molecule has 0 radical (unpaired) electrons. The number of rotatable bonds is 2. The van der Waals surface area contributed by atoms with E-state index >= 15 is 0 Å². The van der Waals surface area contributed by atoms with Crippen molar-refractivity contribution in [2.75, 3.05) is 0 Å². The minimum Gasteiger partial charge on any atom is -0.351 e. The SMILES string of the molecule is O=P(O)(O)OP(=O)(O)O.c1c[nH]cn1. The molecule has 1 heterocycles. The van der Waals surface area contributed by atoms with Crippen LogP contribution in [0.4, 0.5) is 0 Å². The van der Waals surface area contributed by atoms with Crippen molar-refractivity contribution < 1.29 is 33.0 Å². The van der Waals surface area contributed by atoms with Crippen LogP contribution in [0.1, 0.15) is 0 Å². The van der Waals surface area contributed by atoms with Crippen molar-refractivity contribution in [1.82, 2.24) is 9.97 Å². The molecule has 0 fully saturated rings. The summed E-state index contributed by atoms with van der Waals surface area (Å²) >= 11 is 0. The molecular weight excluding hydrogens is 238 g/mol. The van der Waals surface area contributed by atoms with Gasteiger partial charge in [0.05, 0.1) is 6.33 Å². The second-order valence-electron chi connectivity index (χ2n) is 1.82. The van der Waals surface area contributed by atoms with Crippen LogP contribution in [0, 0.1) is 0 Å². The maximum atomic E-state index is 9.63. The number of aromatic nitrogens is 2. The maximum absolute atomic E-state index is 9.63. The Hall–Kier alpha value is -0.530. The molecule has 82 valence electrons. The average molecular weight is 246 g/mol. The van der Waals surface area contributed by atoms with E-state index in [4.69, 9.17) is 19.6 Å². The van der Waals surface area contributed by atoms with Gasteiger partial charge >= 0.3 is 15.6 Å². The Balaban J connectivity index is 0.000000280. The molecule has 9 nitrogen and oxygen atoms in total. The summed E-state index contributed by atoms with van der Waals surface area (Å²) in [6.45, 7) is 0. The van der Waals surface area contributed by atoms with E-state index in [0.29, 0.717) is 0 Å². The number of H-pyrrole nitrogens is 1. The first-order valence-corrected chi connectivity index (χ1v) is 6.02. The molecule has 0 saturated carbocycles. The van der Waals surface area contributed by atoms with Crippen LogP contribution in [0.2, 0.25) is 0 Å². The van der Waals surface area contributed by atoms with Crippen molar-refractivity contribution in [1.29, 1.82) is 0 Å². The van der Waals surface area contributed by atoms with Gasteiger partial charge in [-0.2, -0.15) is 4.31 Å². The van der Waals surface area contributed by atoms with E-state index in [1.165, 1.54) is 0 Å². The van der Waals surface area contributed by atoms with Gasteiger partial charge in [-0.1, -0.05) is 0 Å². The zero-order valence-corrected chi connectivity index (χ0v) is 8.38. The van der Waals surface area contributed by atoms with Crippen molar-refractivity contribution in [3.05, 3.63) is 18.7 Å². The van der Waals surface area contributed by atoms with Crippen LogP contribution in [0.15, 0.2) is 18.7 Å². The average Bonchev–Trinajstić information content (AvgIpc) is 2.29. The first-order chi connectivity index (χ1) is 6.21. The Morgan fingerprint density at radius 1 is 1.14 bits per heavy atom. The second-order valence-corrected chi connectivity index (χ2v) is 4.44. The molecule has 0 saturated heterocycles. The highest BCUT2D eigenvalue weighted by Gasteiger charge is 2.27. The molecule has 1 aromatic heterocycles. The van der Waals surface area contributed by atoms with Gasteiger partial charge in [0.1, 0.15) is 0 Å². The number of nitrogens with one attached hydrogen (secondary N) is 1. The number of imidazole rings is 1. The summed E-state index contributed by atoms with van der Waals surface area (Å²) in [7, 11) is -10.1. The molecular formula is C3H8N2O7P2. The molecule has 0 aliphatic heterocycles. The number of hydrogen-bond donors (Lipinski definition) is 5. The Bertz CT molecular complexity index is 287. The monoisotopic (exact) mass is 246 g/mol. The van der Waals surface area contributed by atoms with E-state index in [9.17, 15) is 9.13 Å². The van der Waals surface area contributed by atoms with Crippen molar-refractivity contribution in [2.45, 2.75) is 0 Å². The lowest BCUT2D eigenvalue weighted by Gasteiger charge is -2.03. The van der Waals surface area contributed by atoms with Gasteiger partial charge in [0.2, 0.25) is 0 Å². The van der Waals surface area contributed by atoms with Gasteiger partial charge in [-0.15, -0.1) is 0 Å². The quantitative estimate of drug-likeness (QED) is 0.441. The van der Waals surface area contributed by atoms with Crippen molar-refractivity contribution in [3.63, 3.8) is 0 Å². The molecule has 14 heavy (non-hydrogen) atoms. The van der Waals surface area contributed by atoms with E-state index < -0.39 is 15.6 Å². The number of hydrogen-bond acceptors (Lipinski definition) is 4. The highest BCUT2D eigenvalue weighted by Crippen LogP contribution is 2.53. The molecule has 0 atom stereocenters. The highest BCUT2D eigenvalue weighted by molar-refractivity contribution is 7.60. The summed E-state index contributed by atoms with van der Waals surface area (Å²) < 4.78 is 22.2. The van der Waals surface area contributed by atoms with Gasteiger partial charge < -0.3 is 24.6 Å². The minimum absolute atomic E-state index is 1.62. The van der Waals surface area contributed by atoms with Gasteiger partial charge in [0.15, 0.2) is 0 Å². The highest BCUT2D eigenvalue weighted by atomic mass is 31.3. The Kier molecular flexibility index (Phi) is 5.17. The van der Waals surface area contributed by atoms with Crippen molar-refractivity contribution >= 4 is 15.6 Å². The molecule has 11 heteroatoms. The van der Waals surface area contributed by atoms with Crippen LogP contribution in [0.5, 0.6) is 0 Å². The van der Waals surface area contributed by atoms with E-state index in [2.05, 4.69) is 14.3 Å². The van der Waals surface area contributed by atoms with Crippen LogP contribution < -0.4 is 0 Å². The smallest absolute Gasteiger partial charge is 0.351 e. The zero-order valence-electron chi connectivity index (χ0n) is 6.59. The third kappa shape index (κ3) is 11.5. The first-order valence-electron chi connectivity index (χ1n) is 2.96. The lowest BCUT2D eigenvalue weighted by Crippen LogP contribution is -1.84. The topological polar surface area (TPSA) is 153 Å². The fourth-order valence-electron chi connectivity index (χ4n) is 0.354. The Labute approximate surface area is 78.3 Å². The van der Waals surface area contributed by atoms with Crippen LogP contribution in [-0.4, -0.2) is 29.5 Å². The molecule has 0 aromatic carbocycles. The molecule has 0 unspecified atom stereocenters. The minimum atomic E-state index is -5.05. The fourth-order valence-corrected chi connectivity index (χ4v) is 1.46. The van der Waals surface area contributed by atoms with Crippen LogP contribution in [0.3, 0.4) is 0 Å². The lowest BCUT2D eigenvalue weighted by molar-refractivity contribution is 0.225. The number of phosphoric acid groups is 2. The van der Waals surface area contributed by atoms with E-state index in [1.807, 2.05) is 0 Å². The normalized spacial score (nSPS) is 11.7. The summed E-state index contributed by atoms with van der Waals surface area (Å²) in [5, 5.41) is 0. The van der Waals surface area contributed by atoms with E-state index in [1.54, 1.807) is 18.7 Å². The Morgan fingerprint density at radius 2 is 1.64 bits per heavy atom. The summed E-state index contributed by atoms with van der Waals surface area (Å²) in [6.07, 6.45) is 5.08. The zero-order chi connectivity index (χ0) is 11.2. The second kappa shape index (κ2) is 5.38. The van der Waals surface area contributed by atoms with Crippen LogP contribution in [-0.2, 0) is 13.4 Å². The Morgan fingerprint density at radius 3 is 1.71 bits per heavy atom. The molecule has 0 bridgehead atoms. The summed E-state index contributed by atoms with van der Waals surface area (Å²) in [4.78, 5) is 37.4. The molecule has 0 amide bonds. The maximum Gasteiger partial charge on any atom is 0.478 e. The van der Waals surface area contributed by atoms with Gasteiger partial charge in [0, 0.05) is 12.4 Å². The fraction of sp³-hybridized carbons (Fsp3) is 0. The van der Waals surface area contributed by atoms with Gasteiger partial charge in [-0.25, -0.2) is 14.1 Å². The standard InChI is InChI=1S/C3H4N2.H4O7P2/c1-2-5-3-4-1;1-8(2,3)7-9(4,5)6/h1-3H,(H,4,5);(H2,1,2,3)(H2,4,5,6). The predicted octanol–water partition coefficient (Wildman–Crippen LogP) is -0.402. The predicted molar refractivity (Wildman–Crippen MR) is 43.8 cm³/mol. The first kappa shape index (κ1) is 13.5. The van der Waals surface area contributed by atoms with Gasteiger partial charge in [-0.3, -0.25) is 0 Å². The summed E-state index contributed by atoms with van der Waals surface area (Å²) in [5.41, 5.74) is 0. The third-order valence-corrected chi connectivity index (χ3v) is 2.32. The molecule has 1 aromatic rings. The number of aromatic amines is 1. The van der Waals surface area contributed by atoms with E-state index in [0.717, 1.165) is 0 Å². The molecule has 5 N–H and O–H groups in total. The van der Waals surface area contributed by atoms with Gasteiger partial charge in [-0.05, 0) is 0 Å². The third-order valence-electron chi connectivity index (χ3n) is 0.619. The summed E-state index contributed by atoms with van der Waals surface area (Å²) in [6, 6.07) is 0. The molecule has 0 aliphatic carbocycles. The van der Waals surface area contributed by atoms with Crippen molar-refractivity contribution in [3.8, 4) is 0 Å². The van der Waals surface area contributed by atoms with Crippen LogP contribution >= 0.6 is 15.6 Å². The van der Waals surface area contributed by atoms with E-state index in [-0.39, 0.29) is 0 Å². The molecule has 0 aliphatic rings. The lowest BCUT2D eigenvalue weighted by atomic mass is 11.0. The molecule has 1 rings (SSSR count). The molecule has 0 spiro atoms. The van der Waals surface area contributed by atoms with Gasteiger partial charge in [0.25, 0.3) is 0 Å². The summed E-state index contributed by atoms with van der Waals surface area (Å²) in [5.74, 6) is 0. The van der Waals surface area contributed by atoms with Crippen LogP contribution in [0.25, 0.3) is 0 Å². The number of nitrogens with zero attached hydrogens (tertiary/aromatic N) is 1. The largest absolute Gasteiger partial charge is 0.478 e. The van der Waals surface area contributed by atoms with Crippen molar-refractivity contribution in [2.24, 2.45) is 0 Å².